The van der Waals surface area contributed by atoms with Crippen molar-refractivity contribution in [3.8, 4) is 17.0 Å². The van der Waals surface area contributed by atoms with E-state index in [1.54, 1.807) is 17.0 Å². The van der Waals surface area contributed by atoms with Crippen LogP contribution in [0.1, 0.15) is 30.1 Å². The number of ether oxygens (including phenoxy) is 1. The van der Waals surface area contributed by atoms with Crippen LogP contribution in [0.25, 0.3) is 11.3 Å². The summed E-state index contributed by atoms with van der Waals surface area (Å²) in [6.45, 7) is 0.374. The van der Waals surface area contributed by atoms with Gasteiger partial charge in [0.1, 0.15) is 5.75 Å². The molecule has 0 aliphatic carbocycles. The number of nitrogens with one attached hydrogen (secondary N) is 1. The van der Waals surface area contributed by atoms with Crippen LogP contribution in [0, 0.1) is 5.92 Å². The highest BCUT2D eigenvalue weighted by atomic mass is 19.3. The number of carbonyl (C=O) groups is 1. The van der Waals surface area contributed by atoms with Crippen LogP contribution in [0.15, 0.2) is 30.5 Å². The Kier molecular flexibility index (Phi) is 5.51. The first-order chi connectivity index (χ1) is 12.5. The fourth-order valence-corrected chi connectivity index (χ4v) is 3.29. The van der Waals surface area contributed by atoms with Crippen molar-refractivity contribution in [1.29, 1.82) is 0 Å². The second-order valence-electron chi connectivity index (χ2n) is 6.55. The number of halogens is 2. The smallest absolute Gasteiger partial charge is 0.387 e. The highest BCUT2D eigenvalue weighted by Gasteiger charge is 2.27. The highest BCUT2D eigenvalue weighted by Crippen LogP contribution is 2.28. The monoisotopic (exact) mass is 364 g/mol. The number of alkyl halides is 2. The fourth-order valence-electron chi connectivity index (χ4n) is 3.29. The van der Waals surface area contributed by atoms with Gasteiger partial charge in [-0.05, 0) is 37.8 Å². The lowest BCUT2D eigenvalue weighted by Crippen LogP contribution is -2.42. The Hall–Kier alpha value is -2.48. The van der Waals surface area contributed by atoms with Crippen LogP contribution >= 0.6 is 0 Å². The van der Waals surface area contributed by atoms with Gasteiger partial charge in [-0.1, -0.05) is 12.1 Å². The molecule has 3 rings (SSSR count). The quantitative estimate of drug-likeness (QED) is 0.854. The third-order valence-corrected chi connectivity index (χ3v) is 4.79. The summed E-state index contributed by atoms with van der Waals surface area (Å²) in [5.41, 5.74) is 7.42. The van der Waals surface area contributed by atoms with Crippen molar-refractivity contribution in [2.24, 2.45) is 11.7 Å². The van der Waals surface area contributed by atoms with E-state index in [-0.39, 0.29) is 17.7 Å². The van der Waals surface area contributed by atoms with Gasteiger partial charge in [0, 0.05) is 24.7 Å². The van der Waals surface area contributed by atoms with E-state index in [4.69, 9.17) is 5.73 Å². The Morgan fingerprint density at radius 1 is 1.38 bits per heavy atom. The van der Waals surface area contributed by atoms with Crippen LogP contribution in [-0.4, -0.2) is 46.7 Å². The Balaban J connectivity index is 1.78. The van der Waals surface area contributed by atoms with E-state index in [0.717, 1.165) is 12.8 Å². The predicted octanol–water partition coefficient (Wildman–Crippen LogP) is 2.88. The van der Waals surface area contributed by atoms with Gasteiger partial charge in [-0.25, -0.2) is 0 Å². The van der Waals surface area contributed by atoms with E-state index in [9.17, 15) is 13.6 Å². The second-order valence-corrected chi connectivity index (χ2v) is 6.55. The molecule has 1 atom stereocenters. The van der Waals surface area contributed by atoms with Gasteiger partial charge in [-0.15, -0.1) is 0 Å². The van der Waals surface area contributed by atoms with Gasteiger partial charge in [-0.3, -0.25) is 9.89 Å². The molecular formula is C18H22F2N4O2. The van der Waals surface area contributed by atoms with Crippen molar-refractivity contribution in [3.05, 3.63) is 36.0 Å². The maximum absolute atomic E-state index is 12.9. The molecular weight excluding hydrogens is 342 g/mol. The van der Waals surface area contributed by atoms with E-state index < -0.39 is 6.61 Å². The van der Waals surface area contributed by atoms with Crippen LogP contribution in [0.3, 0.4) is 0 Å². The normalized spacial score (nSPS) is 16.7. The van der Waals surface area contributed by atoms with Crippen molar-refractivity contribution in [3.63, 3.8) is 0 Å². The molecule has 1 saturated heterocycles. The lowest BCUT2D eigenvalue weighted by molar-refractivity contribution is -0.0498. The number of benzene rings is 1. The summed E-state index contributed by atoms with van der Waals surface area (Å²) >= 11 is 0. The Morgan fingerprint density at radius 2 is 2.12 bits per heavy atom. The zero-order chi connectivity index (χ0) is 18.7. The van der Waals surface area contributed by atoms with Crippen LogP contribution in [-0.2, 0) is 0 Å². The summed E-state index contributed by atoms with van der Waals surface area (Å²) in [6.07, 6.45) is 3.21. The summed E-state index contributed by atoms with van der Waals surface area (Å²) in [5.74, 6) is 0.325. The summed E-state index contributed by atoms with van der Waals surface area (Å²) in [6, 6.07) is 6.32. The number of amides is 1. The average molecular weight is 364 g/mol. The summed E-state index contributed by atoms with van der Waals surface area (Å²) in [5, 5.41) is 6.76. The first kappa shape index (κ1) is 18.3. The number of hydrogen-bond acceptors (Lipinski definition) is 4. The molecule has 1 aromatic heterocycles. The molecule has 1 aliphatic heterocycles. The Bertz CT molecular complexity index is 755. The first-order valence-electron chi connectivity index (χ1n) is 8.59. The van der Waals surface area contributed by atoms with Gasteiger partial charge in [0.15, 0.2) is 0 Å². The summed E-state index contributed by atoms with van der Waals surface area (Å²) < 4.78 is 29.3. The molecule has 0 radical (unpaired) electrons. The number of nitrogens with zero attached hydrogens (tertiary/aromatic N) is 2. The van der Waals surface area contributed by atoms with E-state index in [0.29, 0.717) is 35.8 Å². The minimum absolute atomic E-state index is 0.0308. The van der Waals surface area contributed by atoms with Crippen LogP contribution in [0.5, 0.6) is 5.75 Å². The average Bonchev–Trinajstić information content (AvgIpc) is 3.10. The van der Waals surface area contributed by atoms with Gasteiger partial charge in [0.2, 0.25) is 0 Å². The number of piperidine rings is 1. The lowest BCUT2D eigenvalue weighted by Gasteiger charge is -2.33. The minimum Gasteiger partial charge on any atom is -0.435 e. The maximum Gasteiger partial charge on any atom is 0.387 e. The van der Waals surface area contributed by atoms with Crippen molar-refractivity contribution in [2.75, 3.05) is 13.1 Å². The molecule has 1 amide bonds. The molecule has 3 N–H and O–H groups in total. The standard InChI is InChI=1S/C18H22F2N4O2/c1-11(21)12-5-7-24(8-6-12)17(25)15-10-22-23-16(15)13-3-2-4-14(9-13)26-18(19)20/h2-4,9-12,18H,5-8,21H2,1H3,(H,22,23). The summed E-state index contributed by atoms with van der Waals surface area (Å²) in [4.78, 5) is 14.7. The topological polar surface area (TPSA) is 84.2 Å². The Morgan fingerprint density at radius 3 is 2.77 bits per heavy atom. The van der Waals surface area contributed by atoms with Crippen molar-refractivity contribution in [1.82, 2.24) is 15.1 Å². The van der Waals surface area contributed by atoms with Gasteiger partial charge >= 0.3 is 6.61 Å². The largest absolute Gasteiger partial charge is 0.435 e. The molecule has 1 aliphatic rings. The van der Waals surface area contributed by atoms with E-state index in [1.807, 2.05) is 6.92 Å². The fraction of sp³-hybridized carbons (Fsp3) is 0.444. The van der Waals surface area contributed by atoms with Gasteiger partial charge in [-0.2, -0.15) is 13.9 Å². The predicted molar refractivity (Wildman–Crippen MR) is 92.9 cm³/mol. The molecule has 0 saturated carbocycles. The number of likely N-dealkylation sites (tertiary alicyclic amines) is 1. The van der Waals surface area contributed by atoms with Crippen LogP contribution in [0.4, 0.5) is 8.78 Å². The zero-order valence-electron chi connectivity index (χ0n) is 14.5. The van der Waals surface area contributed by atoms with E-state index in [2.05, 4.69) is 14.9 Å². The molecule has 6 nitrogen and oxygen atoms in total. The van der Waals surface area contributed by atoms with Crippen molar-refractivity contribution >= 4 is 5.91 Å². The first-order valence-corrected chi connectivity index (χ1v) is 8.59. The molecule has 0 bridgehead atoms. The molecule has 140 valence electrons. The number of H-pyrrole nitrogens is 1. The molecule has 0 spiro atoms. The van der Waals surface area contributed by atoms with Gasteiger partial charge in [0.25, 0.3) is 5.91 Å². The van der Waals surface area contributed by atoms with Crippen LogP contribution < -0.4 is 10.5 Å². The second kappa shape index (κ2) is 7.82. The number of carbonyl (C=O) groups excluding carboxylic acids is 1. The number of aromatic amines is 1. The number of hydrogen-bond donors (Lipinski definition) is 2. The maximum atomic E-state index is 12.9. The zero-order valence-corrected chi connectivity index (χ0v) is 14.5. The summed E-state index contributed by atoms with van der Waals surface area (Å²) in [7, 11) is 0. The number of nitrogens with two attached hydrogens (primary N) is 1. The van der Waals surface area contributed by atoms with Gasteiger partial charge in [0.05, 0.1) is 17.5 Å². The third-order valence-electron chi connectivity index (χ3n) is 4.79. The van der Waals surface area contributed by atoms with E-state index in [1.165, 1.54) is 18.3 Å². The number of aromatic nitrogens is 2. The molecule has 1 aromatic carbocycles. The van der Waals surface area contributed by atoms with Crippen molar-refractivity contribution in [2.45, 2.75) is 32.4 Å². The SMILES string of the molecule is CC(N)C1CCN(C(=O)c2cn[nH]c2-c2cccc(OC(F)F)c2)CC1. The van der Waals surface area contributed by atoms with E-state index >= 15 is 0 Å². The van der Waals surface area contributed by atoms with Crippen molar-refractivity contribution < 1.29 is 18.3 Å². The third kappa shape index (κ3) is 4.01. The highest BCUT2D eigenvalue weighted by molar-refractivity contribution is 5.99. The van der Waals surface area contributed by atoms with Gasteiger partial charge < -0.3 is 15.4 Å². The Labute approximate surface area is 150 Å². The molecule has 8 heteroatoms. The number of rotatable bonds is 5. The molecule has 2 heterocycles. The lowest BCUT2D eigenvalue weighted by atomic mass is 9.90. The minimum atomic E-state index is -2.90. The van der Waals surface area contributed by atoms with Crippen LogP contribution in [0.2, 0.25) is 0 Å². The molecule has 1 unspecified atom stereocenters. The molecule has 2 aromatic rings. The molecule has 1 fully saturated rings. The molecule has 26 heavy (non-hydrogen) atoms.